The topological polar surface area (TPSA) is 207 Å². The van der Waals surface area contributed by atoms with Crippen molar-refractivity contribution in [3.05, 3.63) is 22.9 Å². The fourth-order valence-electron chi connectivity index (χ4n) is 1.08. The second-order valence-corrected chi connectivity index (χ2v) is 4.81. The van der Waals surface area contributed by atoms with E-state index in [1.807, 2.05) is 0 Å². The number of carbonyl (C=O) groups is 4. The van der Waals surface area contributed by atoms with Crippen LogP contribution in [0.5, 0.6) is 0 Å². The normalized spacial score (nSPS) is 17.6. The van der Waals surface area contributed by atoms with Gasteiger partial charge in [-0.25, -0.2) is 0 Å². The van der Waals surface area contributed by atoms with E-state index >= 15 is 0 Å². The second kappa shape index (κ2) is 18.9. The average Bonchev–Trinajstić information content (AvgIpc) is 3.38. The van der Waals surface area contributed by atoms with E-state index in [0.717, 1.165) is 0 Å². The second-order valence-electron chi connectivity index (χ2n) is 4.81. The molecule has 2 heterocycles. The summed E-state index contributed by atoms with van der Waals surface area (Å²) in [5, 5.41) is 0. The number of amides is 4. The Morgan fingerprint density at radius 2 is 1.04 bits per heavy atom. The molecule has 0 aromatic heterocycles. The Morgan fingerprint density at radius 3 is 1.22 bits per heavy atom. The summed E-state index contributed by atoms with van der Waals surface area (Å²) in [5.41, 5.74) is 25.4. The van der Waals surface area contributed by atoms with E-state index < -0.39 is 24.0 Å². The third-order valence-corrected chi connectivity index (χ3v) is 2.41. The predicted molar refractivity (Wildman–Crippen MR) is 83.3 cm³/mol. The molecule has 2 aliphatic heterocycles. The van der Waals surface area contributed by atoms with E-state index in [-0.39, 0.29) is 104 Å². The molecule has 0 saturated carbocycles. The maximum Gasteiger partial charge on any atom is 0.227 e. The molecule has 0 aromatic rings. The van der Waals surface area contributed by atoms with Crippen molar-refractivity contribution in [2.45, 2.75) is 31.5 Å². The summed E-state index contributed by atoms with van der Waals surface area (Å²) in [6.45, 7) is 1.80. The van der Waals surface area contributed by atoms with E-state index in [2.05, 4.69) is 9.47 Å². The smallest absolute Gasteiger partial charge is 0.227 e. The first kappa shape index (κ1) is 31.3. The minimum absolute atomic E-state index is 0. The van der Waals surface area contributed by atoms with Crippen molar-refractivity contribution < 1.29 is 104 Å². The molecule has 27 heavy (non-hydrogen) atoms. The standard InChI is InChI=1S/C5H10N2O2.2C4H7NO3.2Y/c6-4(8)2-1-3-5(7)9;2*5-4(6)8-2-3-1-7-3;;/h1-3H2,(H4,6,7,8,9);2*3H,1-2H2,(H2,5,6);;/p-4. The van der Waals surface area contributed by atoms with E-state index in [4.69, 9.17) is 32.4 Å². The van der Waals surface area contributed by atoms with Gasteiger partial charge in [0.05, 0.1) is 13.2 Å². The fourth-order valence-corrected chi connectivity index (χ4v) is 1.08. The first-order valence-corrected chi connectivity index (χ1v) is 7.19. The van der Waals surface area contributed by atoms with Crippen molar-refractivity contribution in [3.8, 4) is 0 Å². The summed E-state index contributed by atoms with van der Waals surface area (Å²) >= 11 is 0. The number of carbonyl (C=O) groups excluding carboxylic acids is 4. The van der Waals surface area contributed by atoms with Gasteiger partial charge in [-0.05, 0) is 19.3 Å². The van der Waals surface area contributed by atoms with E-state index in [0.29, 0.717) is 19.6 Å². The molecule has 2 radical (unpaired) electrons. The summed E-state index contributed by atoms with van der Waals surface area (Å²) < 4.78 is 17.9. The summed E-state index contributed by atoms with van der Waals surface area (Å²) in [6, 6.07) is 0. The zero-order valence-electron chi connectivity index (χ0n) is 14.5. The molecule has 150 valence electrons. The van der Waals surface area contributed by atoms with Crippen LogP contribution in [0.4, 0.5) is 9.59 Å². The molecule has 4 amide bonds. The van der Waals surface area contributed by atoms with Crippen molar-refractivity contribution in [3.63, 3.8) is 0 Å². The van der Waals surface area contributed by atoms with Gasteiger partial charge in [0.1, 0.15) is 25.4 Å². The molecule has 0 aliphatic carbocycles. The van der Waals surface area contributed by atoms with Crippen LogP contribution in [-0.4, -0.2) is 62.6 Å². The zero-order valence-corrected chi connectivity index (χ0v) is 20.2. The van der Waals surface area contributed by atoms with Gasteiger partial charge < -0.3 is 51.5 Å². The molecular weight excluding hydrogens is 518 g/mol. The minimum atomic E-state index is -0.986. The molecule has 2 atom stereocenters. The average molecular weight is 538 g/mol. The van der Waals surface area contributed by atoms with Gasteiger partial charge >= 0.3 is 0 Å². The van der Waals surface area contributed by atoms with Crippen LogP contribution in [0.3, 0.4) is 0 Å². The van der Waals surface area contributed by atoms with Crippen LogP contribution in [0.2, 0.25) is 0 Å². The predicted octanol–water partition coefficient (Wildman–Crippen LogP) is 2.46. The van der Waals surface area contributed by atoms with Crippen LogP contribution in [0.15, 0.2) is 0 Å². The number of hydrogen-bond acceptors (Lipinski definition) is 8. The largest absolute Gasteiger partial charge is 0.668 e. The molecule has 0 spiro atoms. The third-order valence-electron chi connectivity index (χ3n) is 2.41. The Balaban J connectivity index is -0.000000309. The van der Waals surface area contributed by atoms with Crippen LogP contribution in [-0.2, 0) is 94.0 Å². The van der Waals surface area contributed by atoms with Crippen LogP contribution in [0, 0.1) is 0 Å². The Labute approximate surface area is 206 Å². The molecule has 2 saturated heterocycles. The van der Waals surface area contributed by atoms with E-state index in [9.17, 15) is 19.2 Å². The molecule has 2 fully saturated rings. The SMILES string of the molecule is [NH-]C(=O)CCCC([NH-])=O.[NH-]C(=O)OCC1CO1.[NH-]C(=O)OCC1CO1.[Y].[Y]. The van der Waals surface area contributed by atoms with Crippen LogP contribution >= 0.6 is 0 Å². The van der Waals surface area contributed by atoms with Gasteiger partial charge in [-0.3, -0.25) is 9.59 Å². The molecule has 2 unspecified atom stereocenters. The molecular formula is C13H20N4O8Y2-4. The number of epoxide rings is 2. The Morgan fingerprint density at radius 1 is 0.741 bits per heavy atom. The monoisotopic (exact) mass is 538 g/mol. The van der Waals surface area contributed by atoms with Crippen molar-refractivity contribution in [1.82, 2.24) is 0 Å². The quantitative estimate of drug-likeness (QED) is 0.418. The molecule has 2 rings (SSSR count). The molecule has 14 heteroatoms. The number of rotatable bonds is 8. The number of ether oxygens (including phenoxy) is 4. The van der Waals surface area contributed by atoms with Crippen LogP contribution in [0.1, 0.15) is 19.3 Å². The van der Waals surface area contributed by atoms with Gasteiger partial charge in [0.15, 0.2) is 0 Å². The van der Waals surface area contributed by atoms with Crippen molar-refractivity contribution in [1.29, 1.82) is 0 Å². The number of nitrogens with one attached hydrogen (secondary N) is 4. The summed E-state index contributed by atoms with van der Waals surface area (Å²) in [4.78, 5) is 39.4. The van der Waals surface area contributed by atoms with Crippen LogP contribution < -0.4 is 0 Å². The van der Waals surface area contributed by atoms with Gasteiger partial charge in [-0.15, -0.1) is 0 Å². The molecule has 0 aromatic carbocycles. The van der Waals surface area contributed by atoms with Gasteiger partial charge in [0.25, 0.3) is 0 Å². The van der Waals surface area contributed by atoms with Gasteiger partial charge in [0, 0.05) is 77.2 Å². The first-order valence-electron chi connectivity index (χ1n) is 7.19. The third kappa shape index (κ3) is 30.6. The molecule has 0 bridgehead atoms. The van der Waals surface area contributed by atoms with Gasteiger partial charge in [0.2, 0.25) is 12.2 Å². The molecule has 4 N–H and O–H groups in total. The van der Waals surface area contributed by atoms with Crippen LogP contribution in [0.25, 0.3) is 22.9 Å². The Bertz CT molecular complexity index is 422. The fraction of sp³-hybridized carbons (Fsp3) is 0.692. The summed E-state index contributed by atoms with van der Waals surface area (Å²) in [6.07, 6.45) is -1.31. The summed E-state index contributed by atoms with van der Waals surface area (Å²) in [7, 11) is 0. The van der Waals surface area contributed by atoms with Crippen molar-refractivity contribution in [2.24, 2.45) is 0 Å². The summed E-state index contributed by atoms with van der Waals surface area (Å²) in [5.74, 6) is -1.34. The molecule has 12 nitrogen and oxygen atoms in total. The molecule has 2 aliphatic rings. The maximum absolute atomic E-state index is 9.92. The van der Waals surface area contributed by atoms with Crippen molar-refractivity contribution >= 4 is 24.0 Å². The van der Waals surface area contributed by atoms with Gasteiger partial charge in [-0.1, -0.05) is 0 Å². The van der Waals surface area contributed by atoms with Crippen molar-refractivity contribution in [2.75, 3.05) is 26.4 Å². The maximum atomic E-state index is 9.92. The van der Waals surface area contributed by atoms with E-state index in [1.165, 1.54) is 0 Å². The number of hydrogen-bond donors (Lipinski definition) is 0. The Kier molecular flexibility index (Phi) is 22.0. The minimum Gasteiger partial charge on any atom is -0.668 e. The Hall–Kier alpha value is -0.392. The van der Waals surface area contributed by atoms with Gasteiger partial charge in [-0.2, -0.15) is 0 Å². The zero-order chi connectivity index (χ0) is 19.2. The van der Waals surface area contributed by atoms with E-state index in [1.54, 1.807) is 0 Å². The first-order chi connectivity index (χ1) is 11.7.